The number of para-hydroxylation sites is 1. The molecule has 1 aromatic heterocycles. The van der Waals surface area contributed by atoms with Gasteiger partial charge in [0.1, 0.15) is 0 Å². The second kappa shape index (κ2) is 10.1. The summed E-state index contributed by atoms with van der Waals surface area (Å²) in [6.07, 6.45) is 0. The zero-order chi connectivity index (χ0) is 21.5. The standard InChI is InChI=1S/C24H30N4O2/c1-4-27(5-2)13-14-28(24(30)25-21-9-7-6-8-10-21)17-20-16-19-12-11-18(3)15-22(19)26-23(20)29/h6-12,15-16H,4-5,13-14,17H2,1-3H3,(H,25,30)(H,26,29). The maximum Gasteiger partial charge on any atom is 0.322 e. The van der Waals surface area contributed by atoms with Gasteiger partial charge in [0.15, 0.2) is 0 Å². The van der Waals surface area contributed by atoms with E-state index in [1.54, 1.807) is 4.90 Å². The van der Waals surface area contributed by atoms with Gasteiger partial charge in [-0.1, -0.05) is 44.2 Å². The first kappa shape index (κ1) is 21.6. The number of urea groups is 1. The van der Waals surface area contributed by atoms with Crippen LogP contribution < -0.4 is 10.9 Å². The van der Waals surface area contributed by atoms with E-state index >= 15 is 0 Å². The number of hydrogen-bond donors (Lipinski definition) is 2. The number of pyridine rings is 1. The number of likely N-dealkylation sites (N-methyl/N-ethyl adjacent to an activating group) is 1. The number of hydrogen-bond acceptors (Lipinski definition) is 3. The fraction of sp³-hybridized carbons (Fsp3) is 0.333. The van der Waals surface area contributed by atoms with Gasteiger partial charge in [0, 0.05) is 29.9 Å². The van der Waals surface area contributed by atoms with Crippen LogP contribution in [0.2, 0.25) is 0 Å². The van der Waals surface area contributed by atoms with Crippen molar-refractivity contribution in [1.29, 1.82) is 0 Å². The fourth-order valence-electron chi connectivity index (χ4n) is 3.46. The highest BCUT2D eigenvalue weighted by molar-refractivity contribution is 5.89. The number of fused-ring (bicyclic) bond motifs is 1. The Morgan fingerprint density at radius 2 is 1.73 bits per heavy atom. The third-order valence-corrected chi connectivity index (χ3v) is 5.33. The molecule has 0 aliphatic heterocycles. The molecule has 2 N–H and O–H groups in total. The van der Waals surface area contributed by atoms with Gasteiger partial charge in [0.2, 0.25) is 0 Å². The van der Waals surface area contributed by atoms with Crippen molar-refractivity contribution in [2.75, 3.05) is 31.5 Å². The Bertz CT molecular complexity index is 1040. The summed E-state index contributed by atoms with van der Waals surface area (Å²) in [7, 11) is 0. The summed E-state index contributed by atoms with van der Waals surface area (Å²) in [5.41, 5.74) is 3.06. The lowest BCUT2D eigenvalue weighted by Gasteiger charge is -2.26. The van der Waals surface area contributed by atoms with Crippen molar-refractivity contribution in [3.63, 3.8) is 0 Å². The molecule has 0 bridgehead atoms. The molecule has 0 radical (unpaired) electrons. The van der Waals surface area contributed by atoms with E-state index in [1.165, 1.54) is 0 Å². The summed E-state index contributed by atoms with van der Waals surface area (Å²) >= 11 is 0. The molecule has 0 saturated carbocycles. The number of aromatic amines is 1. The van der Waals surface area contributed by atoms with Crippen molar-refractivity contribution in [3.8, 4) is 0 Å². The molecule has 2 amide bonds. The third kappa shape index (κ3) is 5.48. The van der Waals surface area contributed by atoms with Gasteiger partial charge in [0.05, 0.1) is 6.54 Å². The van der Waals surface area contributed by atoms with Crippen LogP contribution in [0.15, 0.2) is 59.4 Å². The second-order valence-electron chi connectivity index (χ2n) is 7.46. The van der Waals surface area contributed by atoms with Crippen molar-refractivity contribution in [1.82, 2.24) is 14.8 Å². The normalized spacial score (nSPS) is 11.1. The van der Waals surface area contributed by atoms with E-state index < -0.39 is 0 Å². The molecule has 1 heterocycles. The highest BCUT2D eigenvalue weighted by Gasteiger charge is 2.17. The number of carbonyl (C=O) groups is 1. The molecule has 0 aliphatic rings. The van der Waals surface area contributed by atoms with E-state index in [-0.39, 0.29) is 18.1 Å². The highest BCUT2D eigenvalue weighted by Crippen LogP contribution is 2.15. The van der Waals surface area contributed by atoms with Gasteiger partial charge in [-0.15, -0.1) is 0 Å². The van der Waals surface area contributed by atoms with Crippen LogP contribution in [-0.2, 0) is 6.54 Å². The maximum atomic E-state index is 13.0. The molecule has 0 aliphatic carbocycles. The Labute approximate surface area is 177 Å². The van der Waals surface area contributed by atoms with E-state index in [0.29, 0.717) is 12.1 Å². The number of aryl methyl sites for hydroxylation is 1. The average molecular weight is 407 g/mol. The van der Waals surface area contributed by atoms with Crippen molar-refractivity contribution in [2.45, 2.75) is 27.3 Å². The molecule has 3 rings (SSSR count). The second-order valence-corrected chi connectivity index (χ2v) is 7.46. The molecule has 30 heavy (non-hydrogen) atoms. The first-order valence-corrected chi connectivity index (χ1v) is 10.5. The van der Waals surface area contributed by atoms with Crippen LogP contribution in [0, 0.1) is 6.92 Å². The number of H-pyrrole nitrogens is 1. The van der Waals surface area contributed by atoms with E-state index in [2.05, 4.69) is 29.0 Å². The van der Waals surface area contributed by atoms with E-state index in [1.807, 2.05) is 61.5 Å². The quantitative estimate of drug-likeness (QED) is 0.589. The molecule has 6 heteroatoms. The van der Waals surface area contributed by atoms with Crippen LogP contribution in [-0.4, -0.2) is 47.0 Å². The molecule has 0 fully saturated rings. The minimum absolute atomic E-state index is 0.159. The number of anilines is 1. The van der Waals surface area contributed by atoms with Gasteiger partial charge >= 0.3 is 6.03 Å². The summed E-state index contributed by atoms with van der Waals surface area (Å²) in [6, 6.07) is 17.0. The first-order valence-electron chi connectivity index (χ1n) is 10.5. The van der Waals surface area contributed by atoms with Crippen LogP contribution >= 0.6 is 0 Å². The van der Waals surface area contributed by atoms with Gasteiger partial charge < -0.3 is 20.1 Å². The lowest BCUT2D eigenvalue weighted by Crippen LogP contribution is -2.41. The monoisotopic (exact) mass is 406 g/mol. The average Bonchev–Trinajstić information content (AvgIpc) is 2.74. The number of amides is 2. The predicted octanol–water partition coefficient (Wildman–Crippen LogP) is 4.21. The van der Waals surface area contributed by atoms with Gasteiger partial charge in [-0.3, -0.25) is 4.79 Å². The van der Waals surface area contributed by atoms with E-state index in [9.17, 15) is 9.59 Å². The molecule has 0 saturated heterocycles. The Balaban J connectivity index is 1.84. The lowest BCUT2D eigenvalue weighted by molar-refractivity contribution is 0.194. The molecule has 158 valence electrons. The fourth-order valence-corrected chi connectivity index (χ4v) is 3.46. The molecule has 3 aromatic rings. The molecule has 0 spiro atoms. The van der Waals surface area contributed by atoms with Gasteiger partial charge in [-0.25, -0.2) is 4.79 Å². The number of benzene rings is 2. The SMILES string of the molecule is CCN(CC)CCN(Cc1cc2ccc(C)cc2[nH]c1=O)C(=O)Nc1ccccc1. The topological polar surface area (TPSA) is 68.4 Å². The van der Waals surface area contributed by atoms with Crippen LogP contribution in [0.5, 0.6) is 0 Å². The summed E-state index contributed by atoms with van der Waals surface area (Å²) in [5, 5.41) is 3.90. The van der Waals surface area contributed by atoms with Crippen LogP contribution in [0.4, 0.5) is 10.5 Å². The van der Waals surface area contributed by atoms with E-state index in [0.717, 1.165) is 41.8 Å². The molecule has 0 unspecified atom stereocenters. The Morgan fingerprint density at radius 3 is 2.43 bits per heavy atom. The van der Waals surface area contributed by atoms with Gasteiger partial charge in [-0.05, 0) is 55.2 Å². The molecule has 6 nitrogen and oxygen atoms in total. The molecular formula is C24H30N4O2. The largest absolute Gasteiger partial charge is 0.322 e. The smallest absolute Gasteiger partial charge is 0.322 e. The van der Waals surface area contributed by atoms with Crippen molar-refractivity contribution < 1.29 is 4.79 Å². The van der Waals surface area contributed by atoms with E-state index in [4.69, 9.17) is 0 Å². The number of nitrogens with one attached hydrogen (secondary N) is 2. The predicted molar refractivity (Wildman–Crippen MR) is 123 cm³/mol. The number of aromatic nitrogens is 1. The van der Waals surface area contributed by atoms with Gasteiger partial charge in [0.25, 0.3) is 5.56 Å². The number of nitrogens with zero attached hydrogens (tertiary/aromatic N) is 2. The zero-order valence-corrected chi connectivity index (χ0v) is 17.9. The molecule has 0 atom stereocenters. The minimum atomic E-state index is -0.211. The lowest BCUT2D eigenvalue weighted by atomic mass is 10.1. The molecular weight excluding hydrogens is 376 g/mol. The minimum Gasteiger partial charge on any atom is -0.322 e. The van der Waals surface area contributed by atoms with Crippen molar-refractivity contribution in [3.05, 3.63) is 76.1 Å². The Hall–Kier alpha value is -3.12. The molecule has 2 aromatic carbocycles. The van der Waals surface area contributed by atoms with Crippen LogP contribution in [0.1, 0.15) is 25.0 Å². The Morgan fingerprint density at radius 1 is 1.00 bits per heavy atom. The summed E-state index contributed by atoms with van der Waals surface area (Å²) < 4.78 is 0. The van der Waals surface area contributed by atoms with Gasteiger partial charge in [-0.2, -0.15) is 0 Å². The first-order chi connectivity index (χ1) is 14.5. The van der Waals surface area contributed by atoms with Crippen molar-refractivity contribution in [2.24, 2.45) is 0 Å². The van der Waals surface area contributed by atoms with Crippen LogP contribution in [0.3, 0.4) is 0 Å². The summed E-state index contributed by atoms with van der Waals surface area (Å²) in [6.45, 7) is 9.57. The highest BCUT2D eigenvalue weighted by atomic mass is 16.2. The number of rotatable bonds is 8. The van der Waals surface area contributed by atoms with Crippen molar-refractivity contribution >= 4 is 22.6 Å². The third-order valence-electron chi connectivity index (χ3n) is 5.33. The summed E-state index contributed by atoms with van der Waals surface area (Å²) in [5.74, 6) is 0. The maximum absolute atomic E-state index is 13.0. The zero-order valence-electron chi connectivity index (χ0n) is 17.9. The summed E-state index contributed by atoms with van der Waals surface area (Å²) in [4.78, 5) is 32.6. The Kier molecular flexibility index (Phi) is 7.25. The number of carbonyl (C=O) groups excluding carboxylic acids is 1. The van der Waals surface area contributed by atoms with Crippen LogP contribution in [0.25, 0.3) is 10.9 Å².